The van der Waals surface area contributed by atoms with Crippen molar-refractivity contribution in [3.8, 4) is 5.75 Å². The standard InChI is InChI=1S/C17H22N2O5S/c1-16(2,3)13-10-14(19-24-13)18-15(21)17(4,5)25(22,23)12-8-6-11(20)7-9-12/h6-10,20H,1-5H3,(H,18,19,21). The number of sulfone groups is 1. The molecule has 1 amide bonds. The predicted molar refractivity (Wildman–Crippen MR) is 93.2 cm³/mol. The summed E-state index contributed by atoms with van der Waals surface area (Å²) in [6, 6.07) is 6.60. The molecule has 2 N–H and O–H groups in total. The van der Waals surface area contributed by atoms with Gasteiger partial charge in [0.15, 0.2) is 15.7 Å². The van der Waals surface area contributed by atoms with E-state index in [1.807, 2.05) is 20.8 Å². The van der Waals surface area contributed by atoms with E-state index < -0.39 is 20.5 Å². The summed E-state index contributed by atoms with van der Waals surface area (Å²) in [5.41, 5.74) is -0.288. The molecule has 136 valence electrons. The van der Waals surface area contributed by atoms with E-state index >= 15 is 0 Å². The molecule has 0 aliphatic rings. The van der Waals surface area contributed by atoms with E-state index in [0.29, 0.717) is 5.76 Å². The van der Waals surface area contributed by atoms with Gasteiger partial charge in [-0.25, -0.2) is 8.42 Å². The number of hydrogen-bond donors (Lipinski definition) is 2. The van der Waals surface area contributed by atoms with Gasteiger partial charge in [0, 0.05) is 11.5 Å². The van der Waals surface area contributed by atoms with Crippen LogP contribution in [0.5, 0.6) is 5.75 Å². The zero-order valence-corrected chi connectivity index (χ0v) is 15.6. The third kappa shape index (κ3) is 3.68. The Kier molecular flexibility index (Phi) is 4.69. The van der Waals surface area contributed by atoms with E-state index in [1.165, 1.54) is 38.1 Å². The van der Waals surface area contributed by atoms with Crippen molar-refractivity contribution in [2.45, 2.75) is 49.7 Å². The predicted octanol–water partition coefficient (Wildman–Crippen LogP) is 2.87. The highest BCUT2D eigenvalue weighted by molar-refractivity contribution is 7.93. The lowest BCUT2D eigenvalue weighted by molar-refractivity contribution is -0.117. The monoisotopic (exact) mass is 366 g/mol. The van der Waals surface area contributed by atoms with Crippen molar-refractivity contribution in [3.63, 3.8) is 0 Å². The summed E-state index contributed by atoms with van der Waals surface area (Å²) in [5, 5.41) is 15.6. The molecule has 0 saturated heterocycles. The molecule has 0 unspecified atom stereocenters. The van der Waals surface area contributed by atoms with E-state index in [1.54, 1.807) is 6.07 Å². The first-order valence-electron chi connectivity index (χ1n) is 7.68. The highest BCUT2D eigenvalue weighted by Gasteiger charge is 2.43. The molecule has 0 spiro atoms. The minimum Gasteiger partial charge on any atom is -0.508 e. The van der Waals surface area contributed by atoms with Crippen molar-refractivity contribution in [2.75, 3.05) is 5.32 Å². The van der Waals surface area contributed by atoms with Gasteiger partial charge in [0.05, 0.1) is 4.90 Å². The SMILES string of the molecule is CC(C)(C)c1cc(NC(=O)C(C)(C)S(=O)(=O)c2ccc(O)cc2)no1. The van der Waals surface area contributed by atoms with Gasteiger partial charge in [0.1, 0.15) is 16.3 Å². The number of nitrogens with one attached hydrogen (secondary N) is 1. The summed E-state index contributed by atoms with van der Waals surface area (Å²) < 4.78 is 29.0. The largest absolute Gasteiger partial charge is 0.508 e. The molecule has 0 atom stereocenters. The summed E-state index contributed by atoms with van der Waals surface area (Å²) in [7, 11) is -3.98. The van der Waals surface area contributed by atoms with Crippen LogP contribution in [0.4, 0.5) is 5.82 Å². The maximum absolute atomic E-state index is 12.8. The molecule has 2 aromatic rings. The van der Waals surface area contributed by atoms with Crippen molar-refractivity contribution in [1.29, 1.82) is 0 Å². The molecule has 1 aromatic heterocycles. The van der Waals surface area contributed by atoms with E-state index in [0.717, 1.165) is 0 Å². The van der Waals surface area contributed by atoms with Crippen LogP contribution in [-0.4, -0.2) is 29.3 Å². The number of benzene rings is 1. The Morgan fingerprint density at radius 2 is 1.68 bits per heavy atom. The Labute approximate surface area is 147 Å². The molecule has 25 heavy (non-hydrogen) atoms. The second-order valence-corrected chi connectivity index (χ2v) is 9.79. The van der Waals surface area contributed by atoms with Gasteiger partial charge >= 0.3 is 0 Å². The molecule has 0 radical (unpaired) electrons. The first-order chi connectivity index (χ1) is 11.4. The molecule has 1 heterocycles. The number of carbonyl (C=O) groups excluding carboxylic acids is 1. The van der Waals surface area contributed by atoms with Gasteiger partial charge in [-0.15, -0.1) is 0 Å². The number of aromatic hydroxyl groups is 1. The fourth-order valence-electron chi connectivity index (χ4n) is 2.00. The van der Waals surface area contributed by atoms with Crippen LogP contribution < -0.4 is 5.32 Å². The lowest BCUT2D eigenvalue weighted by Crippen LogP contribution is -2.44. The summed E-state index contributed by atoms with van der Waals surface area (Å²) in [6.07, 6.45) is 0. The maximum Gasteiger partial charge on any atom is 0.246 e. The van der Waals surface area contributed by atoms with Crippen LogP contribution >= 0.6 is 0 Å². The summed E-state index contributed by atoms with van der Waals surface area (Å²) in [6.45, 7) is 8.42. The molecule has 1 aromatic carbocycles. The van der Waals surface area contributed by atoms with Gasteiger partial charge in [0.25, 0.3) is 0 Å². The zero-order chi connectivity index (χ0) is 19.0. The number of nitrogens with zero attached hydrogens (tertiary/aromatic N) is 1. The highest BCUT2D eigenvalue weighted by Crippen LogP contribution is 2.29. The molecule has 7 nitrogen and oxygen atoms in total. The number of aromatic nitrogens is 1. The number of rotatable bonds is 4. The van der Waals surface area contributed by atoms with Crippen LogP contribution in [0, 0.1) is 0 Å². The van der Waals surface area contributed by atoms with Crippen LogP contribution in [-0.2, 0) is 20.0 Å². The van der Waals surface area contributed by atoms with Gasteiger partial charge < -0.3 is 14.9 Å². The van der Waals surface area contributed by atoms with Crippen molar-refractivity contribution in [1.82, 2.24) is 5.16 Å². The van der Waals surface area contributed by atoms with Gasteiger partial charge in [0.2, 0.25) is 5.91 Å². The summed E-state index contributed by atoms with van der Waals surface area (Å²) in [5.74, 6) is -0.0567. The van der Waals surface area contributed by atoms with E-state index in [-0.39, 0.29) is 21.9 Å². The Hall–Kier alpha value is -2.35. The van der Waals surface area contributed by atoms with E-state index in [9.17, 15) is 18.3 Å². The molecule has 0 aliphatic heterocycles. The fraction of sp³-hybridized carbons (Fsp3) is 0.412. The first-order valence-corrected chi connectivity index (χ1v) is 9.16. The molecule has 8 heteroatoms. The van der Waals surface area contributed by atoms with Gasteiger partial charge in [-0.1, -0.05) is 25.9 Å². The number of hydrogen-bond acceptors (Lipinski definition) is 6. The molecule has 0 aliphatic carbocycles. The Morgan fingerprint density at radius 1 is 1.12 bits per heavy atom. The Morgan fingerprint density at radius 3 is 2.16 bits per heavy atom. The number of phenols is 1. The molecule has 0 bridgehead atoms. The minimum atomic E-state index is -3.98. The van der Waals surface area contributed by atoms with Gasteiger partial charge in [-0.05, 0) is 38.1 Å². The van der Waals surface area contributed by atoms with Crippen LogP contribution in [0.2, 0.25) is 0 Å². The van der Waals surface area contributed by atoms with Gasteiger partial charge in [-0.3, -0.25) is 4.79 Å². The van der Waals surface area contributed by atoms with E-state index in [2.05, 4.69) is 10.5 Å². The third-order valence-electron chi connectivity index (χ3n) is 3.86. The number of amides is 1. The second kappa shape index (κ2) is 6.18. The average Bonchev–Trinajstić information content (AvgIpc) is 2.96. The minimum absolute atomic E-state index is 0.0546. The quantitative estimate of drug-likeness (QED) is 0.861. The van der Waals surface area contributed by atoms with Crippen LogP contribution in [0.15, 0.2) is 39.8 Å². The molecule has 0 fully saturated rings. The number of anilines is 1. The fourth-order valence-corrected chi connectivity index (χ4v) is 3.38. The van der Waals surface area contributed by atoms with Crippen LogP contribution in [0.1, 0.15) is 40.4 Å². The average molecular weight is 366 g/mol. The van der Waals surface area contributed by atoms with Crippen molar-refractivity contribution in [2.24, 2.45) is 0 Å². The lowest BCUT2D eigenvalue weighted by atomic mass is 9.93. The summed E-state index contributed by atoms with van der Waals surface area (Å²) in [4.78, 5) is 12.5. The number of carbonyl (C=O) groups is 1. The Balaban J connectivity index is 2.27. The van der Waals surface area contributed by atoms with E-state index in [4.69, 9.17) is 4.52 Å². The topological polar surface area (TPSA) is 110 Å². The van der Waals surface area contributed by atoms with Crippen molar-refractivity contribution < 1.29 is 22.8 Å². The maximum atomic E-state index is 12.8. The van der Waals surface area contributed by atoms with Crippen LogP contribution in [0.3, 0.4) is 0 Å². The van der Waals surface area contributed by atoms with Crippen molar-refractivity contribution >= 4 is 21.6 Å². The molecular formula is C17H22N2O5S. The first kappa shape index (κ1) is 19.0. The molecule has 0 saturated carbocycles. The Bertz CT molecular complexity index is 875. The lowest BCUT2D eigenvalue weighted by Gasteiger charge is -2.23. The second-order valence-electron chi connectivity index (χ2n) is 7.29. The smallest absolute Gasteiger partial charge is 0.246 e. The highest BCUT2D eigenvalue weighted by atomic mass is 32.2. The zero-order valence-electron chi connectivity index (χ0n) is 14.8. The van der Waals surface area contributed by atoms with Gasteiger partial charge in [-0.2, -0.15) is 0 Å². The normalized spacial score (nSPS) is 12.8. The molecule has 2 rings (SSSR count). The summed E-state index contributed by atoms with van der Waals surface area (Å²) >= 11 is 0. The third-order valence-corrected chi connectivity index (χ3v) is 6.28. The van der Waals surface area contributed by atoms with Crippen molar-refractivity contribution in [3.05, 3.63) is 36.1 Å². The van der Waals surface area contributed by atoms with Crippen LogP contribution in [0.25, 0.3) is 0 Å². The molecular weight excluding hydrogens is 344 g/mol. The number of phenolic OH excluding ortho intramolecular Hbond substituents is 1.